The van der Waals surface area contributed by atoms with Gasteiger partial charge in [0.2, 0.25) is 0 Å². The van der Waals surface area contributed by atoms with E-state index < -0.39 is 0 Å². The molecule has 0 N–H and O–H groups in total. The molecule has 1 aliphatic heterocycles. The summed E-state index contributed by atoms with van der Waals surface area (Å²) < 4.78 is 19.8. The number of nitrogens with zero attached hydrogens (tertiary/aromatic N) is 2. The molecule has 0 saturated carbocycles. The zero-order valence-electron chi connectivity index (χ0n) is 18.2. The Hall–Kier alpha value is -2.53. The van der Waals surface area contributed by atoms with Crippen molar-refractivity contribution in [1.82, 2.24) is 9.78 Å². The first-order valence-corrected chi connectivity index (χ1v) is 10.2. The Morgan fingerprint density at radius 2 is 1.72 bits per heavy atom. The second-order valence-electron chi connectivity index (χ2n) is 9.18. The molecule has 1 aromatic carbocycles. The summed E-state index contributed by atoms with van der Waals surface area (Å²) in [7, 11) is 1.68. The van der Waals surface area contributed by atoms with Gasteiger partial charge in [-0.15, -0.1) is 0 Å². The molecule has 5 heteroatoms. The topological polar surface area (TPSA) is 49.4 Å². The third-order valence-corrected chi connectivity index (χ3v) is 5.48. The highest BCUT2D eigenvalue weighted by atomic mass is 16.5. The first-order valence-electron chi connectivity index (χ1n) is 10.2. The average Bonchev–Trinajstić information content (AvgIpc) is 3.25. The van der Waals surface area contributed by atoms with Gasteiger partial charge >= 0.3 is 0 Å². The molecule has 0 bridgehead atoms. The van der Waals surface area contributed by atoms with Crippen molar-refractivity contribution >= 4 is 0 Å². The van der Waals surface area contributed by atoms with Crippen LogP contribution >= 0.6 is 0 Å². The zero-order valence-corrected chi connectivity index (χ0v) is 18.2. The third kappa shape index (κ3) is 3.97. The number of hydrogen-bond donors (Lipinski definition) is 0. The molecule has 1 saturated heterocycles. The van der Waals surface area contributed by atoms with Gasteiger partial charge < -0.3 is 13.9 Å². The minimum atomic E-state index is -0.192. The molecule has 29 heavy (non-hydrogen) atoms. The maximum absolute atomic E-state index is 6.29. The van der Waals surface area contributed by atoms with Crippen molar-refractivity contribution in [1.29, 1.82) is 0 Å². The Kier molecular flexibility index (Phi) is 4.82. The number of furan rings is 1. The fraction of sp³-hybridized carbons (Fsp3) is 0.458. The Bertz CT molecular complexity index is 997. The molecule has 0 aliphatic carbocycles. The number of aryl methyl sites for hydroxylation is 1. The summed E-state index contributed by atoms with van der Waals surface area (Å²) in [6, 6.07) is 14.1. The van der Waals surface area contributed by atoms with E-state index in [2.05, 4.69) is 33.8 Å². The van der Waals surface area contributed by atoms with E-state index in [1.54, 1.807) is 7.11 Å². The monoisotopic (exact) mass is 394 g/mol. The lowest BCUT2D eigenvalue weighted by Gasteiger charge is -2.45. The van der Waals surface area contributed by atoms with Crippen LogP contribution in [-0.4, -0.2) is 28.1 Å². The molecule has 1 fully saturated rings. The molecular weight excluding hydrogens is 364 g/mol. The molecule has 5 nitrogen and oxygen atoms in total. The zero-order chi connectivity index (χ0) is 20.8. The van der Waals surface area contributed by atoms with E-state index in [0.717, 1.165) is 47.2 Å². The second kappa shape index (κ2) is 7.06. The summed E-state index contributed by atoms with van der Waals surface area (Å²) in [6.07, 6.45) is 1.85. The molecule has 0 spiro atoms. The predicted octanol–water partition coefficient (Wildman–Crippen LogP) is 5.90. The summed E-state index contributed by atoms with van der Waals surface area (Å²) in [4.78, 5) is 0. The van der Waals surface area contributed by atoms with Crippen LogP contribution in [0.15, 0.2) is 46.9 Å². The predicted molar refractivity (Wildman–Crippen MR) is 114 cm³/mol. The van der Waals surface area contributed by atoms with Crippen molar-refractivity contribution in [2.75, 3.05) is 7.11 Å². The maximum Gasteiger partial charge on any atom is 0.152 e. The van der Waals surface area contributed by atoms with Gasteiger partial charge in [0, 0.05) is 5.92 Å². The molecule has 3 heterocycles. The highest BCUT2D eigenvalue weighted by Gasteiger charge is 2.41. The van der Waals surface area contributed by atoms with Crippen LogP contribution in [-0.2, 0) is 4.74 Å². The first kappa shape index (κ1) is 19.8. The van der Waals surface area contributed by atoms with Crippen molar-refractivity contribution in [2.45, 2.75) is 64.6 Å². The van der Waals surface area contributed by atoms with E-state index in [1.807, 2.05) is 48.0 Å². The SMILES string of the molecule is COc1ccccc1-n1nc(C2CC(C)(C)OC(C)(C)C2)cc1-c1ccc(C)o1. The Balaban J connectivity index is 1.84. The molecule has 4 rings (SSSR count). The van der Waals surface area contributed by atoms with E-state index in [0.29, 0.717) is 5.92 Å². The van der Waals surface area contributed by atoms with Crippen LogP contribution in [0.25, 0.3) is 17.1 Å². The number of ether oxygens (including phenoxy) is 2. The summed E-state index contributed by atoms with van der Waals surface area (Å²) in [5, 5.41) is 5.05. The first-order chi connectivity index (χ1) is 13.7. The summed E-state index contributed by atoms with van der Waals surface area (Å²) >= 11 is 0. The lowest BCUT2D eigenvalue weighted by molar-refractivity contribution is -0.162. The van der Waals surface area contributed by atoms with E-state index >= 15 is 0 Å². The molecule has 1 aliphatic rings. The van der Waals surface area contributed by atoms with E-state index in [4.69, 9.17) is 19.0 Å². The van der Waals surface area contributed by atoms with E-state index in [9.17, 15) is 0 Å². The van der Waals surface area contributed by atoms with Crippen molar-refractivity contribution in [2.24, 2.45) is 0 Å². The third-order valence-electron chi connectivity index (χ3n) is 5.48. The smallest absolute Gasteiger partial charge is 0.152 e. The molecule has 0 radical (unpaired) electrons. The number of para-hydroxylation sites is 2. The molecule has 0 unspecified atom stereocenters. The fourth-order valence-corrected chi connectivity index (χ4v) is 4.63. The molecular formula is C24H30N2O3. The minimum Gasteiger partial charge on any atom is -0.494 e. The molecule has 0 atom stereocenters. The fourth-order valence-electron chi connectivity index (χ4n) is 4.63. The summed E-state index contributed by atoms with van der Waals surface area (Å²) in [6.45, 7) is 10.6. The van der Waals surface area contributed by atoms with Gasteiger partial charge in [0.25, 0.3) is 0 Å². The van der Waals surface area contributed by atoms with Crippen LogP contribution in [0.1, 0.15) is 57.9 Å². The van der Waals surface area contributed by atoms with Crippen molar-refractivity contribution in [3.05, 3.63) is 53.9 Å². The second-order valence-corrected chi connectivity index (χ2v) is 9.18. The van der Waals surface area contributed by atoms with Gasteiger partial charge in [-0.2, -0.15) is 5.10 Å². The van der Waals surface area contributed by atoms with Crippen LogP contribution in [0, 0.1) is 6.92 Å². The number of rotatable bonds is 4. The van der Waals surface area contributed by atoms with Crippen LogP contribution in [0.3, 0.4) is 0 Å². The van der Waals surface area contributed by atoms with Crippen molar-refractivity contribution < 1.29 is 13.9 Å². The largest absolute Gasteiger partial charge is 0.494 e. The number of methoxy groups -OCH3 is 1. The van der Waals surface area contributed by atoms with E-state index in [1.165, 1.54) is 0 Å². The van der Waals surface area contributed by atoms with Gasteiger partial charge in [-0.3, -0.25) is 0 Å². The molecule has 0 amide bonds. The van der Waals surface area contributed by atoms with Gasteiger partial charge in [0.05, 0.1) is 24.0 Å². The molecule has 2 aromatic heterocycles. The Morgan fingerprint density at radius 3 is 2.34 bits per heavy atom. The standard InChI is InChI=1S/C24H30N2O3/c1-16-11-12-22(28-16)20-13-18(17-14-23(2,3)29-24(4,5)15-17)25-26(20)19-9-7-8-10-21(19)27-6/h7-13,17H,14-15H2,1-6H3. The van der Waals surface area contributed by atoms with Crippen LogP contribution in [0.5, 0.6) is 5.75 Å². The number of benzene rings is 1. The normalized spacial score (nSPS) is 18.7. The number of aromatic nitrogens is 2. The highest BCUT2D eigenvalue weighted by molar-refractivity contribution is 5.60. The minimum absolute atomic E-state index is 0.192. The Labute approximate surface area is 172 Å². The molecule has 154 valence electrons. The van der Waals surface area contributed by atoms with Crippen LogP contribution < -0.4 is 4.74 Å². The van der Waals surface area contributed by atoms with Crippen molar-refractivity contribution in [3.63, 3.8) is 0 Å². The lowest BCUT2D eigenvalue weighted by atomic mass is 9.79. The van der Waals surface area contributed by atoms with E-state index in [-0.39, 0.29) is 11.2 Å². The van der Waals surface area contributed by atoms with Crippen LogP contribution in [0.4, 0.5) is 0 Å². The quantitative estimate of drug-likeness (QED) is 0.553. The van der Waals surface area contributed by atoms with Gasteiger partial charge in [0.1, 0.15) is 22.9 Å². The highest BCUT2D eigenvalue weighted by Crippen LogP contribution is 2.44. The van der Waals surface area contributed by atoms with Gasteiger partial charge in [-0.05, 0) is 77.8 Å². The summed E-state index contributed by atoms with van der Waals surface area (Å²) in [5.74, 6) is 2.76. The lowest BCUT2D eigenvalue weighted by Crippen LogP contribution is -2.44. The van der Waals surface area contributed by atoms with Gasteiger partial charge in [-0.1, -0.05) is 12.1 Å². The molecule has 3 aromatic rings. The van der Waals surface area contributed by atoms with Gasteiger partial charge in [-0.25, -0.2) is 4.68 Å². The van der Waals surface area contributed by atoms with Gasteiger partial charge in [0.15, 0.2) is 5.76 Å². The summed E-state index contributed by atoms with van der Waals surface area (Å²) in [5.41, 5.74) is 2.50. The van der Waals surface area contributed by atoms with Crippen molar-refractivity contribution in [3.8, 4) is 22.9 Å². The average molecular weight is 395 g/mol. The maximum atomic E-state index is 6.29. The Morgan fingerprint density at radius 1 is 1.03 bits per heavy atom. The number of hydrogen-bond acceptors (Lipinski definition) is 4. The van der Waals surface area contributed by atoms with Crippen LogP contribution in [0.2, 0.25) is 0 Å².